The summed E-state index contributed by atoms with van der Waals surface area (Å²) in [5, 5.41) is 92.2. The molecule has 2 heterocycles. The van der Waals surface area contributed by atoms with Crippen molar-refractivity contribution in [3.63, 3.8) is 0 Å². The molecular weight excluding hydrogens is 608 g/mol. The number of likely N-dealkylation sites (N-methyl/N-ethyl adjacent to an activating group) is 1. The maximum Gasteiger partial charge on any atom is 0.250 e. The van der Waals surface area contributed by atoms with Crippen molar-refractivity contribution >= 4 is 11.8 Å². The molecule has 1 aliphatic carbocycles. The van der Waals surface area contributed by atoms with Gasteiger partial charge in [0, 0.05) is 19.6 Å². The van der Waals surface area contributed by atoms with E-state index in [1.807, 2.05) is 0 Å². The number of ether oxygens (including phenoxy) is 4. The zero-order valence-electron chi connectivity index (χ0n) is 25.0. The van der Waals surface area contributed by atoms with Crippen molar-refractivity contribution in [1.82, 2.24) is 16.0 Å². The van der Waals surface area contributed by atoms with E-state index in [-0.39, 0.29) is 19.6 Å². The zero-order chi connectivity index (χ0) is 33.8. The first-order chi connectivity index (χ1) is 21.1. The van der Waals surface area contributed by atoms with Crippen LogP contribution < -0.4 is 33.2 Å². The molecule has 0 radical (unpaired) electrons. The highest BCUT2D eigenvalue weighted by atomic mass is 16.7. The summed E-state index contributed by atoms with van der Waals surface area (Å²) >= 11 is 0. The third-order valence-electron chi connectivity index (χ3n) is 8.31. The highest BCUT2D eigenvalue weighted by Crippen LogP contribution is 2.33. The van der Waals surface area contributed by atoms with Gasteiger partial charge in [-0.3, -0.25) is 9.59 Å². The van der Waals surface area contributed by atoms with Crippen LogP contribution in [0.4, 0.5) is 0 Å². The molecule has 3 aliphatic rings. The van der Waals surface area contributed by atoms with Gasteiger partial charge < -0.3 is 93.0 Å². The fourth-order valence-electron chi connectivity index (χ4n) is 5.71. The molecular formula is C25H48N6O14. The summed E-state index contributed by atoms with van der Waals surface area (Å²) in [6.07, 6.45) is -19.8. The normalized spacial score (nSPS) is 43.7. The Labute approximate surface area is 258 Å². The predicted molar refractivity (Wildman–Crippen MR) is 149 cm³/mol. The largest absolute Gasteiger partial charge is 0.388 e. The maximum absolute atomic E-state index is 12.7. The number of rotatable bonds is 12. The second-order valence-corrected chi connectivity index (χ2v) is 11.7. The summed E-state index contributed by atoms with van der Waals surface area (Å²) in [7, 11) is 1.49. The van der Waals surface area contributed by atoms with Crippen LogP contribution in [0.2, 0.25) is 0 Å². The number of hydrogen-bond acceptors (Lipinski definition) is 18. The van der Waals surface area contributed by atoms with Crippen LogP contribution in [0.1, 0.15) is 13.3 Å². The van der Waals surface area contributed by atoms with Crippen LogP contribution in [0.3, 0.4) is 0 Å². The maximum atomic E-state index is 12.7. The van der Waals surface area contributed by atoms with E-state index in [1.54, 1.807) is 0 Å². The van der Waals surface area contributed by atoms with Crippen molar-refractivity contribution in [2.45, 2.75) is 111 Å². The number of hydrogen-bond donors (Lipinski definition) is 14. The van der Waals surface area contributed by atoms with Crippen LogP contribution in [0.25, 0.3) is 0 Å². The van der Waals surface area contributed by atoms with Crippen LogP contribution >= 0.6 is 0 Å². The minimum Gasteiger partial charge on any atom is -0.388 e. The van der Waals surface area contributed by atoms with Gasteiger partial charge in [-0.25, -0.2) is 0 Å². The van der Waals surface area contributed by atoms with Gasteiger partial charge in [-0.15, -0.1) is 0 Å². The number of nitrogens with two attached hydrogens (primary N) is 3. The van der Waals surface area contributed by atoms with Crippen LogP contribution in [-0.4, -0.2) is 183 Å². The number of carbonyl (C=O) groups is 2. The van der Waals surface area contributed by atoms with E-state index in [0.717, 1.165) is 0 Å². The fourth-order valence-corrected chi connectivity index (χ4v) is 5.71. The molecule has 2 amide bonds. The van der Waals surface area contributed by atoms with E-state index in [9.17, 15) is 50.4 Å². The van der Waals surface area contributed by atoms with Gasteiger partial charge >= 0.3 is 0 Å². The van der Waals surface area contributed by atoms with E-state index in [1.165, 1.54) is 14.0 Å². The molecule has 3 rings (SSSR count). The molecule has 17 N–H and O–H groups in total. The Morgan fingerprint density at radius 2 is 1.36 bits per heavy atom. The molecule has 262 valence electrons. The molecule has 2 saturated heterocycles. The Kier molecular flexibility index (Phi) is 13.4. The second-order valence-electron chi connectivity index (χ2n) is 11.7. The van der Waals surface area contributed by atoms with E-state index in [2.05, 4.69) is 16.0 Å². The predicted octanol–water partition coefficient (Wildman–Crippen LogP) is -9.05. The van der Waals surface area contributed by atoms with Crippen molar-refractivity contribution in [3.05, 3.63) is 0 Å². The molecule has 20 heteroatoms. The zero-order valence-corrected chi connectivity index (χ0v) is 25.0. The fraction of sp³-hybridized carbons (Fsp3) is 0.920. The summed E-state index contributed by atoms with van der Waals surface area (Å²) in [6.45, 7) is -0.121. The first-order valence-electron chi connectivity index (χ1n) is 14.6. The SMILES string of the molecule is CN[C@@H]1[C@@H](O)[C@@H](O[C@@H]2[C@@H](O)[C@@H](O[C@H]3O[C@H](CN)[C@@H](O)[C@H](O)[C@H]3O)[C@@H](NC(=O)C(O)CN)C[C@@H]2NC(=O)C(O)CN)OC[C@]1(C)O. The summed E-state index contributed by atoms with van der Waals surface area (Å²) < 4.78 is 23.0. The number of amides is 2. The lowest BCUT2D eigenvalue weighted by atomic mass is 9.82. The van der Waals surface area contributed by atoms with Crippen LogP contribution in [-0.2, 0) is 28.5 Å². The minimum absolute atomic E-state index is 0.294. The summed E-state index contributed by atoms with van der Waals surface area (Å²) in [5.74, 6) is -1.95. The van der Waals surface area contributed by atoms with E-state index < -0.39 is 122 Å². The molecule has 2 aliphatic heterocycles. The molecule has 45 heavy (non-hydrogen) atoms. The van der Waals surface area contributed by atoms with Crippen molar-refractivity contribution in [3.8, 4) is 0 Å². The van der Waals surface area contributed by atoms with Gasteiger partial charge in [0.15, 0.2) is 12.6 Å². The lowest BCUT2D eigenvalue weighted by molar-refractivity contribution is -0.331. The molecule has 16 atom stereocenters. The Bertz CT molecular complexity index is 983. The quantitative estimate of drug-likeness (QED) is 0.0926. The van der Waals surface area contributed by atoms with Crippen LogP contribution in [0.15, 0.2) is 0 Å². The highest BCUT2D eigenvalue weighted by molar-refractivity contribution is 5.82. The average molecular weight is 657 g/mol. The Hall–Kier alpha value is -1.70. The van der Waals surface area contributed by atoms with Gasteiger partial charge in [0.2, 0.25) is 11.8 Å². The van der Waals surface area contributed by atoms with E-state index >= 15 is 0 Å². The van der Waals surface area contributed by atoms with Gasteiger partial charge in [0.05, 0.1) is 24.7 Å². The molecule has 0 aromatic carbocycles. The number of aliphatic hydroxyl groups is 8. The number of aliphatic hydroxyl groups excluding tert-OH is 7. The standard InChI is InChI=1S/C25H48N6O14/c1-25(41)7-42-23(17(38)20(25)29-2)44-18-8(30-21(39)10(32)4-26)3-9(31-22(40)11(33)5-27)19(16(18)37)45-24-15(36)14(35)13(34)12(6-28)43-24/h8-20,23-24,29,32-38,41H,3-7,26-28H2,1-2H3,(H,30,39)(H,31,40)/t8-,9-,10?,11?,12+,13+,14-,15+,16+,17+,18-,19-,20+,23+,24+,25-/m0/s1. The number of carbonyl (C=O) groups excluding carboxylic acids is 2. The van der Waals surface area contributed by atoms with Crippen molar-refractivity contribution < 1.29 is 69.4 Å². The number of nitrogens with one attached hydrogen (secondary N) is 3. The second kappa shape index (κ2) is 15.9. The first kappa shape index (κ1) is 37.8. The van der Waals surface area contributed by atoms with E-state index in [4.69, 9.17) is 36.1 Å². The highest BCUT2D eigenvalue weighted by Gasteiger charge is 2.54. The molecule has 1 saturated carbocycles. The lowest BCUT2D eigenvalue weighted by Gasteiger charge is -2.50. The molecule has 0 aromatic rings. The van der Waals surface area contributed by atoms with Gasteiger partial charge in [-0.2, -0.15) is 0 Å². The van der Waals surface area contributed by atoms with Crippen molar-refractivity contribution in [1.29, 1.82) is 0 Å². The summed E-state index contributed by atoms with van der Waals surface area (Å²) in [5.41, 5.74) is 14.9. The minimum atomic E-state index is -1.86. The molecule has 20 nitrogen and oxygen atoms in total. The Morgan fingerprint density at radius 3 is 1.82 bits per heavy atom. The molecule has 0 spiro atoms. The van der Waals surface area contributed by atoms with Gasteiger partial charge in [-0.05, 0) is 20.4 Å². The van der Waals surface area contributed by atoms with Gasteiger partial charge in [0.1, 0.15) is 66.6 Å². The average Bonchev–Trinajstić information content (AvgIpc) is 3.00. The van der Waals surface area contributed by atoms with Crippen molar-refractivity contribution in [2.24, 2.45) is 17.2 Å². The Balaban J connectivity index is 1.99. The summed E-state index contributed by atoms with van der Waals surface area (Å²) in [6, 6.07) is -3.50. The molecule has 2 unspecified atom stereocenters. The monoisotopic (exact) mass is 656 g/mol. The lowest BCUT2D eigenvalue weighted by Crippen LogP contribution is -2.71. The van der Waals surface area contributed by atoms with Crippen molar-refractivity contribution in [2.75, 3.05) is 33.3 Å². The van der Waals surface area contributed by atoms with Gasteiger partial charge in [-0.1, -0.05) is 0 Å². The molecule has 3 fully saturated rings. The summed E-state index contributed by atoms with van der Waals surface area (Å²) in [4.78, 5) is 25.4. The third-order valence-corrected chi connectivity index (χ3v) is 8.31. The smallest absolute Gasteiger partial charge is 0.250 e. The molecule has 0 bridgehead atoms. The molecule has 0 aromatic heterocycles. The Morgan fingerprint density at radius 1 is 0.844 bits per heavy atom. The van der Waals surface area contributed by atoms with E-state index in [0.29, 0.717) is 0 Å². The third kappa shape index (κ3) is 8.43. The van der Waals surface area contributed by atoms with Crippen LogP contribution in [0, 0.1) is 0 Å². The van der Waals surface area contributed by atoms with Gasteiger partial charge in [0.25, 0.3) is 0 Å². The topological polar surface area (TPSA) is 347 Å². The van der Waals surface area contributed by atoms with Crippen LogP contribution in [0.5, 0.6) is 0 Å². The first-order valence-corrected chi connectivity index (χ1v) is 14.6.